The predicted molar refractivity (Wildman–Crippen MR) is 107 cm³/mol. The Balaban J connectivity index is 0. The van der Waals surface area contributed by atoms with Crippen molar-refractivity contribution in [1.82, 2.24) is 0 Å². The highest BCUT2D eigenvalue weighted by atomic mass is 16.5. The predicted octanol–water partition coefficient (Wildman–Crippen LogP) is 6.49. The Kier molecular flexibility index (Phi) is 14.6. The van der Waals surface area contributed by atoms with Crippen LogP contribution in [0.15, 0.2) is 54.6 Å². The molecule has 0 aliphatic carbocycles. The highest BCUT2D eigenvalue weighted by Gasteiger charge is 2.09. The van der Waals surface area contributed by atoms with Crippen molar-refractivity contribution < 1.29 is 9.53 Å². The molecule has 0 radical (unpaired) electrons. The van der Waals surface area contributed by atoms with E-state index in [0.29, 0.717) is 6.61 Å². The van der Waals surface area contributed by atoms with Gasteiger partial charge in [-0.3, -0.25) is 0 Å². The van der Waals surface area contributed by atoms with Gasteiger partial charge in [0.1, 0.15) is 18.6 Å². The summed E-state index contributed by atoms with van der Waals surface area (Å²) in [4.78, 5) is 10.2. The first-order chi connectivity index (χ1) is 11.3. The second-order valence-electron chi connectivity index (χ2n) is 5.83. The van der Waals surface area contributed by atoms with Crippen LogP contribution in [0.4, 0.5) is 0 Å². The minimum Gasteiger partial charge on any atom is -0.490 e. The number of carbonyl (C=O) groups excluding carboxylic acids is 1. The summed E-state index contributed by atoms with van der Waals surface area (Å²) in [7, 11) is 0. The van der Waals surface area contributed by atoms with Crippen LogP contribution in [0.2, 0.25) is 0 Å². The first-order valence-electron chi connectivity index (χ1n) is 8.43. The van der Waals surface area contributed by atoms with Crippen LogP contribution in [0.1, 0.15) is 54.0 Å². The summed E-state index contributed by atoms with van der Waals surface area (Å²) in [6, 6.07) is 8.04. The smallest absolute Gasteiger partial charge is 0.129 e. The van der Waals surface area contributed by atoms with Crippen LogP contribution in [0.3, 0.4) is 0 Å². The molecule has 134 valence electrons. The van der Waals surface area contributed by atoms with Crippen molar-refractivity contribution in [2.75, 3.05) is 6.61 Å². The summed E-state index contributed by atoms with van der Waals surface area (Å²) in [5.74, 6) is 0.885. The van der Waals surface area contributed by atoms with E-state index in [0.717, 1.165) is 12.0 Å². The van der Waals surface area contributed by atoms with Crippen molar-refractivity contribution >= 4 is 12.4 Å². The van der Waals surface area contributed by atoms with E-state index in [1.165, 1.54) is 11.1 Å². The molecule has 0 spiro atoms. The van der Waals surface area contributed by atoms with Gasteiger partial charge in [0, 0.05) is 5.41 Å². The van der Waals surface area contributed by atoms with Crippen molar-refractivity contribution in [2.24, 2.45) is 5.41 Å². The molecule has 1 rings (SSSR count). The molecule has 0 unspecified atom stereocenters. The summed E-state index contributed by atoms with van der Waals surface area (Å²) in [5, 5.41) is 0. The minimum atomic E-state index is -0.269. The summed E-state index contributed by atoms with van der Waals surface area (Å²) in [6.45, 7) is 18.0. The van der Waals surface area contributed by atoms with E-state index in [9.17, 15) is 4.79 Å². The van der Waals surface area contributed by atoms with Crippen LogP contribution >= 0.6 is 0 Å². The molecule has 2 nitrogen and oxygen atoms in total. The second kappa shape index (κ2) is 14.5. The van der Waals surface area contributed by atoms with Gasteiger partial charge in [0.15, 0.2) is 0 Å². The minimum absolute atomic E-state index is 0.269. The molecule has 0 aliphatic rings. The van der Waals surface area contributed by atoms with Crippen LogP contribution in [0.25, 0.3) is 6.08 Å². The first kappa shape index (κ1) is 24.2. The van der Waals surface area contributed by atoms with E-state index in [4.69, 9.17) is 4.74 Å². The molecule has 0 fully saturated rings. The lowest BCUT2D eigenvalue weighted by atomic mass is 9.96. The number of carbonyl (C=O) groups is 1. The molecule has 0 amide bonds. The van der Waals surface area contributed by atoms with E-state index < -0.39 is 0 Å². The lowest BCUT2D eigenvalue weighted by molar-refractivity contribution is -0.112. The SMILES string of the molecule is C/C=C\C(C)(C)C=O.C=CCOc1ccc(C=C(C)C)cc1.CC. The van der Waals surface area contributed by atoms with Crippen molar-refractivity contribution in [1.29, 1.82) is 0 Å². The van der Waals surface area contributed by atoms with Gasteiger partial charge in [-0.1, -0.05) is 62.4 Å². The number of benzene rings is 1. The quantitative estimate of drug-likeness (QED) is 0.440. The van der Waals surface area contributed by atoms with E-state index >= 15 is 0 Å². The lowest BCUT2D eigenvalue weighted by Gasteiger charge is -2.07. The standard InChI is InChI=1S/C13H16O.C7H12O.C2H6/c1-4-9-14-13-7-5-12(6-8-13)10-11(2)3;1-4-5-7(2,3)6-8;1-2/h4-8,10H,1,9H2,2-3H3;4-6H,1-3H3;1-2H3/b;5-4-;. The third kappa shape index (κ3) is 13.6. The maximum Gasteiger partial charge on any atom is 0.129 e. The maximum atomic E-state index is 10.2. The molecule has 1 aromatic carbocycles. The number of rotatable bonds is 6. The zero-order chi connectivity index (χ0) is 19.0. The van der Waals surface area contributed by atoms with Crippen LogP contribution in [0.5, 0.6) is 5.75 Å². The molecule has 0 heterocycles. The monoisotopic (exact) mass is 330 g/mol. The van der Waals surface area contributed by atoms with E-state index in [1.54, 1.807) is 6.08 Å². The normalized spacial score (nSPS) is 9.79. The number of allylic oxidation sites excluding steroid dienone is 3. The zero-order valence-electron chi connectivity index (χ0n) is 16.4. The van der Waals surface area contributed by atoms with Gasteiger partial charge >= 0.3 is 0 Å². The Morgan fingerprint density at radius 3 is 2.04 bits per heavy atom. The third-order valence-corrected chi connectivity index (χ3v) is 2.60. The fourth-order valence-corrected chi connectivity index (χ4v) is 1.62. The van der Waals surface area contributed by atoms with Crippen molar-refractivity contribution in [3.8, 4) is 5.75 Å². The summed E-state index contributed by atoms with van der Waals surface area (Å²) in [6.07, 6.45) is 8.57. The molecule has 0 N–H and O–H groups in total. The number of hydrogen-bond acceptors (Lipinski definition) is 2. The second-order valence-corrected chi connectivity index (χ2v) is 5.83. The van der Waals surface area contributed by atoms with Crippen LogP contribution in [-0.2, 0) is 4.79 Å². The number of ether oxygens (including phenoxy) is 1. The largest absolute Gasteiger partial charge is 0.490 e. The molecule has 0 aromatic heterocycles. The average Bonchev–Trinajstić information content (AvgIpc) is 2.56. The summed E-state index contributed by atoms with van der Waals surface area (Å²) < 4.78 is 5.38. The van der Waals surface area contributed by atoms with E-state index in [2.05, 4.69) is 26.5 Å². The molecule has 1 aromatic rings. The first-order valence-corrected chi connectivity index (χ1v) is 8.43. The van der Waals surface area contributed by atoms with Gasteiger partial charge < -0.3 is 9.53 Å². The van der Waals surface area contributed by atoms with Gasteiger partial charge in [0.2, 0.25) is 0 Å². The van der Waals surface area contributed by atoms with Crippen molar-refractivity contribution in [3.05, 3.63) is 60.2 Å². The van der Waals surface area contributed by atoms with Gasteiger partial charge in [-0.25, -0.2) is 0 Å². The van der Waals surface area contributed by atoms with Crippen LogP contribution in [0, 0.1) is 5.41 Å². The third-order valence-electron chi connectivity index (χ3n) is 2.60. The number of aldehydes is 1. The fourth-order valence-electron chi connectivity index (χ4n) is 1.62. The van der Waals surface area contributed by atoms with Crippen LogP contribution < -0.4 is 4.74 Å². The molecular weight excluding hydrogens is 296 g/mol. The molecular formula is C22H34O2. The highest BCUT2D eigenvalue weighted by molar-refractivity contribution is 5.61. The van der Waals surface area contributed by atoms with Gasteiger partial charge in [0.25, 0.3) is 0 Å². The Labute approximate surface area is 148 Å². The molecule has 0 saturated heterocycles. The van der Waals surface area contributed by atoms with Gasteiger partial charge in [-0.05, 0) is 52.3 Å². The highest BCUT2D eigenvalue weighted by Crippen LogP contribution is 2.14. The summed E-state index contributed by atoms with van der Waals surface area (Å²) >= 11 is 0. The fraction of sp³-hybridized carbons (Fsp3) is 0.409. The van der Waals surface area contributed by atoms with Crippen molar-refractivity contribution in [3.63, 3.8) is 0 Å². The topological polar surface area (TPSA) is 26.3 Å². The van der Waals surface area contributed by atoms with E-state index in [1.807, 2.05) is 71.0 Å². The Hall–Kier alpha value is -2.09. The maximum absolute atomic E-state index is 10.2. The van der Waals surface area contributed by atoms with Gasteiger partial charge in [-0.2, -0.15) is 0 Å². The van der Waals surface area contributed by atoms with Gasteiger partial charge in [0.05, 0.1) is 0 Å². The average molecular weight is 331 g/mol. The van der Waals surface area contributed by atoms with Crippen molar-refractivity contribution in [2.45, 2.75) is 48.5 Å². The summed E-state index contributed by atoms with van der Waals surface area (Å²) in [5.41, 5.74) is 2.23. The molecule has 2 heteroatoms. The Bertz CT molecular complexity index is 501. The molecule has 0 aliphatic heterocycles. The molecule has 24 heavy (non-hydrogen) atoms. The molecule has 0 saturated carbocycles. The number of hydrogen-bond donors (Lipinski definition) is 0. The van der Waals surface area contributed by atoms with E-state index in [-0.39, 0.29) is 5.41 Å². The molecule has 0 bridgehead atoms. The zero-order valence-corrected chi connectivity index (χ0v) is 16.4. The van der Waals surface area contributed by atoms with Crippen LogP contribution in [-0.4, -0.2) is 12.9 Å². The Morgan fingerprint density at radius 1 is 1.17 bits per heavy atom. The molecule has 0 atom stereocenters. The lowest BCUT2D eigenvalue weighted by Crippen LogP contribution is -2.07. The van der Waals surface area contributed by atoms with Gasteiger partial charge in [-0.15, -0.1) is 0 Å². The Morgan fingerprint density at radius 2 is 1.71 bits per heavy atom.